The number of pyridine rings is 2. The monoisotopic (exact) mass is 404 g/mol. The highest BCUT2D eigenvalue weighted by atomic mass is 16.2. The molecule has 0 saturated carbocycles. The van der Waals surface area contributed by atoms with Crippen LogP contribution in [0.15, 0.2) is 49.1 Å². The van der Waals surface area contributed by atoms with Gasteiger partial charge >= 0.3 is 0 Å². The molecule has 1 fully saturated rings. The molecule has 0 spiro atoms. The van der Waals surface area contributed by atoms with Crippen LogP contribution in [0.3, 0.4) is 0 Å². The molecule has 0 unspecified atom stereocenters. The maximum atomic E-state index is 12.6. The van der Waals surface area contributed by atoms with Crippen LogP contribution in [0.5, 0.6) is 0 Å². The molecule has 1 N–H and O–H groups in total. The third-order valence-electron chi connectivity index (χ3n) is 5.91. The fraction of sp³-hybridized carbons (Fsp3) is 0.391. The summed E-state index contributed by atoms with van der Waals surface area (Å²) in [5.41, 5.74) is 4.59. The number of H-pyrrole nitrogens is 1. The summed E-state index contributed by atoms with van der Waals surface area (Å²) in [6, 6.07) is 8.54. The van der Waals surface area contributed by atoms with Crippen LogP contribution >= 0.6 is 0 Å². The van der Waals surface area contributed by atoms with Crippen molar-refractivity contribution < 1.29 is 4.79 Å². The molecule has 1 aliphatic heterocycles. The van der Waals surface area contributed by atoms with Crippen LogP contribution in [-0.4, -0.2) is 54.8 Å². The predicted molar refractivity (Wildman–Crippen MR) is 115 cm³/mol. The second-order valence-corrected chi connectivity index (χ2v) is 7.90. The highest BCUT2D eigenvalue weighted by Gasteiger charge is 2.29. The van der Waals surface area contributed by atoms with Gasteiger partial charge in [-0.2, -0.15) is 0 Å². The number of aromatic nitrogens is 4. The number of nitrogens with zero attached hydrogens (tertiary/aromatic N) is 5. The predicted octanol–water partition coefficient (Wildman–Crippen LogP) is 3.12. The Morgan fingerprint density at radius 3 is 2.10 bits per heavy atom. The number of hydrogen-bond donors (Lipinski definition) is 1. The van der Waals surface area contributed by atoms with Crippen molar-refractivity contribution >= 4 is 5.91 Å². The Bertz CT molecular complexity index is 931. The first kappa shape index (κ1) is 20.2. The normalized spacial score (nSPS) is 15.0. The van der Waals surface area contributed by atoms with Crippen LogP contribution in [0.2, 0.25) is 0 Å². The quantitative estimate of drug-likeness (QED) is 0.683. The van der Waals surface area contributed by atoms with Gasteiger partial charge in [0.25, 0.3) is 5.91 Å². The van der Waals surface area contributed by atoms with Gasteiger partial charge in [0.05, 0.1) is 11.4 Å². The summed E-state index contributed by atoms with van der Waals surface area (Å²) in [6.07, 6.45) is 8.86. The molecular weight excluding hydrogens is 376 g/mol. The summed E-state index contributed by atoms with van der Waals surface area (Å²) in [7, 11) is 0. The van der Waals surface area contributed by atoms with Crippen molar-refractivity contribution in [2.24, 2.45) is 0 Å². The van der Waals surface area contributed by atoms with E-state index in [1.54, 1.807) is 12.4 Å². The van der Waals surface area contributed by atoms with E-state index < -0.39 is 0 Å². The zero-order valence-corrected chi connectivity index (χ0v) is 17.6. The first-order valence-corrected chi connectivity index (χ1v) is 10.5. The van der Waals surface area contributed by atoms with Crippen LogP contribution in [0, 0.1) is 13.8 Å². The molecule has 0 atom stereocenters. The van der Waals surface area contributed by atoms with Crippen molar-refractivity contribution in [2.75, 3.05) is 13.1 Å². The van der Waals surface area contributed by atoms with Gasteiger partial charge in [0, 0.05) is 57.0 Å². The van der Waals surface area contributed by atoms with Gasteiger partial charge in [0.15, 0.2) is 5.82 Å². The third kappa shape index (κ3) is 4.57. The van der Waals surface area contributed by atoms with Crippen molar-refractivity contribution in [2.45, 2.75) is 45.8 Å². The Balaban J connectivity index is 1.49. The molecule has 1 saturated heterocycles. The van der Waals surface area contributed by atoms with Gasteiger partial charge in [-0.1, -0.05) is 12.1 Å². The number of amides is 1. The number of nitrogens with one attached hydrogen (secondary N) is 1. The van der Waals surface area contributed by atoms with E-state index in [0.717, 1.165) is 50.4 Å². The van der Waals surface area contributed by atoms with Crippen LogP contribution < -0.4 is 0 Å². The molecule has 0 radical (unpaired) electrons. The van der Waals surface area contributed by atoms with Gasteiger partial charge in [-0.25, -0.2) is 4.98 Å². The third-order valence-corrected chi connectivity index (χ3v) is 5.91. The number of carbonyl (C=O) groups excluding carboxylic acids is 1. The number of aromatic amines is 1. The fourth-order valence-corrected chi connectivity index (χ4v) is 4.03. The Morgan fingerprint density at radius 1 is 1.00 bits per heavy atom. The largest absolute Gasteiger partial charge is 0.341 e. The lowest BCUT2D eigenvalue weighted by Crippen LogP contribution is -2.46. The number of imidazole rings is 1. The lowest BCUT2D eigenvalue weighted by atomic mass is 10.0. The van der Waals surface area contributed by atoms with Gasteiger partial charge < -0.3 is 9.88 Å². The van der Waals surface area contributed by atoms with Crippen LogP contribution in [0.4, 0.5) is 0 Å². The molecule has 7 heteroatoms. The maximum Gasteiger partial charge on any atom is 0.289 e. The van der Waals surface area contributed by atoms with Gasteiger partial charge in [-0.15, -0.1) is 0 Å². The summed E-state index contributed by atoms with van der Waals surface area (Å²) in [6.45, 7) is 7.22. The molecule has 4 rings (SSSR count). The molecule has 156 valence electrons. The molecule has 4 heterocycles. The van der Waals surface area contributed by atoms with Crippen molar-refractivity contribution in [3.8, 4) is 0 Å². The SMILES string of the molecule is Cc1cccnc1CN(Cc1ncccc1C)C1CCN(C(=O)c2ncc[nH]2)CC1. The first-order chi connectivity index (χ1) is 14.6. The van der Waals surface area contributed by atoms with E-state index in [4.69, 9.17) is 0 Å². The minimum atomic E-state index is -0.0221. The smallest absolute Gasteiger partial charge is 0.289 e. The van der Waals surface area contributed by atoms with E-state index in [9.17, 15) is 4.79 Å². The van der Waals surface area contributed by atoms with Crippen molar-refractivity contribution in [1.82, 2.24) is 29.7 Å². The topological polar surface area (TPSA) is 78.0 Å². The van der Waals surface area contributed by atoms with Crippen molar-refractivity contribution in [3.63, 3.8) is 0 Å². The summed E-state index contributed by atoms with van der Waals surface area (Å²) >= 11 is 0. The average Bonchev–Trinajstić information content (AvgIpc) is 3.31. The fourth-order valence-electron chi connectivity index (χ4n) is 4.03. The van der Waals surface area contributed by atoms with Crippen molar-refractivity contribution in [1.29, 1.82) is 0 Å². The molecule has 1 aliphatic rings. The number of rotatable bonds is 6. The second-order valence-electron chi connectivity index (χ2n) is 7.90. The molecular formula is C23H28N6O. The summed E-state index contributed by atoms with van der Waals surface area (Å²) in [4.78, 5) is 33.2. The minimum absolute atomic E-state index is 0.0221. The van der Waals surface area contributed by atoms with E-state index >= 15 is 0 Å². The lowest BCUT2D eigenvalue weighted by Gasteiger charge is -2.38. The standard InChI is InChI=1S/C23H28N6O/c1-17-5-3-9-24-20(17)15-29(16-21-18(2)6-4-10-25-21)19-7-13-28(14-8-19)23(30)22-26-11-12-27-22/h3-6,9-12,19H,7-8,13-16H2,1-2H3,(H,26,27). The van der Waals surface area contributed by atoms with Crippen LogP contribution in [0.25, 0.3) is 0 Å². The number of likely N-dealkylation sites (tertiary alicyclic amines) is 1. The minimum Gasteiger partial charge on any atom is -0.341 e. The van der Waals surface area contributed by atoms with Crippen molar-refractivity contribution in [3.05, 3.63) is 77.4 Å². The van der Waals surface area contributed by atoms with E-state index in [1.165, 1.54) is 11.1 Å². The van der Waals surface area contributed by atoms with Gasteiger partial charge in [-0.3, -0.25) is 19.7 Å². The van der Waals surface area contributed by atoms with E-state index in [-0.39, 0.29) is 5.91 Å². The zero-order valence-electron chi connectivity index (χ0n) is 17.6. The molecule has 7 nitrogen and oxygen atoms in total. The molecule has 0 aliphatic carbocycles. The maximum absolute atomic E-state index is 12.6. The van der Waals surface area contributed by atoms with E-state index in [0.29, 0.717) is 11.9 Å². The Morgan fingerprint density at radius 2 is 1.60 bits per heavy atom. The molecule has 0 aromatic carbocycles. The molecule has 30 heavy (non-hydrogen) atoms. The molecule has 3 aromatic heterocycles. The van der Waals surface area contributed by atoms with Gasteiger partial charge in [0.1, 0.15) is 0 Å². The number of aryl methyl sites for hydroxylation is 2. The highest BCUT2D eigenvalue weighted by molar-refractivity contribution is 5.90. The lowest BCUT2D eigenvalue weighted by molar-refractivity contribution is 0.0579. The van der Waals surface area contributed by atoms with E-state index in [1.807, 2.05) is 29.4 Å². The zero-order chi connectivity index (χ0) is 20.9. The Labute approximate surface area is 177 Å². The summed E-state index contributed by atoms with van der Waals surface area (Å²) < 4.78 is 0. The average molecular weight is 405 g/mol. The first-order valence-electron chi connectivity index (χ1n) is 10.5. The summed E-state index contributed by atoms with van der Waals surface area (Å²) in [5.74, 6) is 0.393. The van der Waals surface area contributed by atoms with Gasteiger partial charge in [0.2, 0.25) is 0 Å². The molecule has 0 bridgehead atoms. The van der Waals surface area contributed by atoms with Crippen LogP contribution in [-0.2, 0) is 13.1 Å². The number of carbonyl (C=O) groups is 1. The Kier molecular flexibility index (Phi) is 6.18. The molecule has 1 amide bonds. The molecule has 3 aromatic rings. The Hall–Kier alpha value is -3.06. The van der Waals surface area contributed by atoms with Gasteiger partial charge in [-0.05, 0) is 49.9 Å². The van der Waals surface area contributed by atoms with Crippen LogP contribution in [0.1, 0.15) is 46.0 Å². The summed E-state index contributed by atoms with van der Waals surface area (Å²) in [5, 5.41) is 0. The second kappa shape index (κ2) is 9.17. The number of piperidine rings is 1. The van der Waals surface area contributed by atoms with E-state index in [2.05, 4.69) is 50.8 Å². The highest BCUT2D eigenvalue weighted by Crippen LogP contribution is 2.23. The number of hydrogen-bond acceptors (Lipinski definition) is 5.